The zero-order chi connectivity index (χ0) is 21.3. The molecule has 0 radical (unpaired) electrons. The van der Waals surface area contributed by atoms with E-state index >= 15 is 0 Å². The number of carbonyl (C=O) groups excluding carboxylic acids is 1. The predicted molar refractivity (Wildman–Crippen MR) is 114 cm³/mol. The summed E-state index contributed by atoms with van der Waals surface area (Å²) in [5.41, 5.74) is 0.516. The van der Waals surface area contributed by atoms with Gasteiger partial charge in [0, 0.05) is 31.7 Å². The molecule has 6 nitrogen and oxygen atoms in total. The van der Waals surface area contributed by atoms with E-state index in [4.69, 9.17) is 11.2 Å². The van der Waals surface area contributed by atoms with E-state index in [1.54, 1.807) is 12.1 Å². The first-order chi connectivity index (χ1) is 13.9. The van der Waals surface area contributed by atoms with Crippen molar-refractivity contribution in [3.63, 3.8) is 0 Å². The van der Waals surface area contributed by atoms with Crippen LogP contribution in [-0.4, -0.2) is 62.9 Å². The van der Waals surface area contributed by atoms with E-state index in [1.165, 1.54) is 16.4 Å². The molecule has 0 aromatic heterocycles. The second-order valence-electron chi connectivity index (χ2n) is 7.33. The summed E-state index contributed by atoms with van der Waals surface area (Å²) < 4.78 is 32.5. The van der Waals surface area contributed by atoms with Crippen LogP contribution in [0.15, 0.2) is 29.2 Å². The summed E-state index contributed by atoms with van der Waals surface area (Å²) >= 11 is 0. The quantitative estimate of drug-likeness (QED) is 0.431. The Labute approximate surface area is 175 Å². The fourth-order valence-corrected chi connectivity index (χ4v) is 4.96. The number of ether oxygens (including phenoxy) is 1. The summed E-state index contributed by atoms with van der Waals surface area (Å²) in [4.78, 5) is 14.8. The van der Waals surface area contributed by atoms with Gasteiger partial charge in [-0.1, -0.05) is 26.2 Å². The summed E-state index contributed by atoms with van der Waals surface area (Å²) in [5, 5.41) is 0. The first kappa shape index (κ1) is 23.4. The lowest BCUT2D eigenvalue weighted by molar-refractivity contribution is 0.0582. The molecule has 0 N–H and O–H groups in total. The second-order valence-corrected chi connectivity index (χ2v) is 9.27. The van der Waals surface area contributed by atoms with E-state index < -0.39 is 10.0 Å². The van der Waals surface area contributed by atoms with Gasteiger partial charge in [-0.15, -0.1) is 6.42 Å². The molecule has 0 atom stereocenters. The van der Waals surface area contributed by atoms with Crippen LogP contribution < -0.4 is 0 Å². The number of amides is 1. The SMILES string of the molecule is C#CCOCC1CCN(C(=O)c2ccc(S(=O)(=O)N(CC)CCCC)cc2)CC1. The van der Waals surface area contributed by atoms with Crippen LogP contribution in [0.4, 0.5) is 0 Å². The highest BCUT2D eigenvalue weighted by Gasteiger charge is 2.25. The molecule has 7 heteroatoms. The standard InChI is InChI=1S/C22H32N2O4S/c1-4-7-14-24(6-3)29(26,27)21-10-8-20(9-11-21)22(25)23-15-12-19(13-16-23)18-28-17-5-2/h2,8-11,19H,4,6-7,12-18H2,1,3H3. The smallest absolute Gasteiger partial charge is 0.253 e. The number of piperidine rings is 1. The number of nitrogens with zero attached hydrogens (tertiary/aromatic N) is 2. The summed E-state index contributed by atoms with van der Waals surface area (Å²) in [6.45, 7) is 7.11. The van der Waals surface area contributed by atoms with Crippen LogP contribution in [0.2, 0.25) is 0 Å². The molecule has 0 unspecified atom stereocenters. The molecule has 1 aromatic carbocycles. The van der Waals surface area contributed by atoms with Gasteiger partial charge in [-0.2, -0.15) is 4.31 Å². The largest absolute Gasteiger partial charge is 0.369 e. The average molecular weight is 421 g/mol. The van der Waals surface area contributed by atoms with Crippen LogP contribution in [0.5, 0.6) is 0 Å². The van der Waals surface area contributed by atoms with Crippen molar-refractivity contribution in [3.8, 4) is 12.3 Å². The van der Waals surface area contributed by atoms with Crippen molar-refractivity contribution in [2.75, 3.05) is 39.4 Å². The van der Waals surface area contributed by atoms with Gasteiger partial charge in [0.25, 0.3) is 5.91 Å². The molecular formula is C22H32N2O4S. The highest BCUT2D eigenvalue weighted by molar-refractivity contribution is 7.89. The van der Waals surface area contributed by atoms with Crippen LogP contribution in [0.1, 0.15) is 49.9 Å². The van der Waals surface area contributed by atoms with Gasteiger partial charge in [-0.05, 0) is 49.4 Å². The van der Waals surface area contributed by atoms with Crippen molar-refractivity contribution in [1.82, 2.24) is 9.21 Å². The van der Waals surface area contributed by atoms with E-state index in [0.29, 0.717) is 50.9 Å². The van der Waals surface area contributed by atoms with Crippen molar-refractivity contribution in [3.05, 3.63) is 29.8 Å². The number of benzene rings is 1. The van der Waals surface area contributed by atoms with Crippen molar-refractivity contribution in [1.29, 1.82) is 0 Å². The monoisotopic (exact) mass is 420 g/mol. The molecule has 160 valence electrons. The van der Waals surface area contributed by atoms with Gasteiger partial charge >= 0.3 is 0 Å². The molecule has 1 aromatic rings. The van der Waals surface area contributed by atoms with Crippen LogP contribution in [0.25, 0.3) is 0 Å². The topological polar surface area (TPSA) is 66.9 Å². The van der Waals surface area contributed by atoms with Gasteiger partial charge in [0.15, 0.2) is 0 Å². The van der Waals surface area contributed by atoms with E-state index in [1.807, 2.05) is 18.7 Å². The van der Waals surface area contributed by atoms with Crippen molar-refractivity contribution in [2.24, 2.45) is 5.92 Å². The third-order valence-electron chi connectivity index (χ3n) is 5.29. The Morgan fingerprint density at radius 2 is 1.90 bits per heavy atom. The molecule has 1 fully saturated rings. The number of carbonyl (C=O) groups is 1. The highest BCUT2D eigenvalue weighted by Crippen LogP contribution is 2.21. The number of hydrogen-bond acceptors (Lipinski definition) is 4. The van der Waals surface area contributed by atoms with E-state index in [9.17, 15) is 13.2 Å². The Morgan fingerprint density at radius 3 is 2.45 bits per heavy atom. The van der Waals surface area contributed by atoms with Gasteiger partial charge in [0.2, 0.25) is 10.0 Å². The summed E-state index contributed by atoms with van der Waals surface area (Å²) in [7, 11) is -3.53. The molecule has 1 heterocycles. The van der Waals surface area contributed by atoms with Gasteiger partial charge in [0.1, 0.15) is 6.61 Å². The maximum atomic E-state index is 12.8. The minimum Gasteiger partial charge on any atom is -0.369 e. The third kappa shape index (κ3) is 6.30. The Morgan fingerprint density at radius 1 is 1.24 bits per heavy atom. The molecule has 1 aliphatic heterocycles. The fraction of sp³-hybridized carbons (Fsp3) is 0.591. The number of terminal acetylenes is 1. The minimum absolute atomic E-state index is 0.0599. The molecule has 1 amide bonds. The zero-order valence-corrected chi connectivity index (χ0v) is 18.3. The van der Waals surface area contributed by atoms with E-state index in [0.717, 1.165) is 25.7 Å². The normalized spacial score (nSPS) is 15.4. The van der Waals surface area contributed by atoms with Crippen LogP contribution >= 0.6 is 0 Å². The van der Waals surface area contributed by atoms with Crippen LogP contribution in [-0.2, 0) is 14.8 Å². The van der Waals surface area contributed by atoms with Gasteiger partial charge < -0.3 is 9.64 Å². The number of hydrogen-bond donors (Lipinski definition) is 0. The molecule has 1 aliphatic rings. The highest BCUT2D eigenvalue weighted by atomic mass is 32.2. The number of unbranched alkanes of at least 4 members (excludes halogenated alkanes) is 1. The Balaban J connectivity index is 1.98. The maximum Gasteiger partial charge on any atom is 0.253 e. The Kier molecular flexibility index (Phi) is 9.15. The Bertz CT molecular complexity index is 791. The molecular weight excluding hydrogens is 388 g/mol. The van der Waals surface area contributed by atoms with Crippen molar-refractivity contribution >= 4 is 15.9 Å². The number of sulfonamides is 1. The third-order valence-corrected chi connectivity index (χ3v) is 7.28. The first-order valence-electron chi connectivity index (χ1n) is 10.3. The number of rotatable bonds is 10. The van der Waals surface area contributed by atoms with Crippen molar-refractivity contribution < 1.29 is 17.9 Å². The maximum absolute atomic E-state index is 12.8. The van der Waals surface area contributed by atoms with E-state index in [2.05, 4.69) is 5.92 Å². The lowest BCUT2D eigenvalue weighted by atomic mass is 9.97. The first-order valence-corrected chi connectivity index (χ1v) is 11.8. The molecule has 0 aliphatic carbocycles. The lowest BCUT2D eigenvalue weighted by Crippen LogP contribution is -2.39. The molecule has 0 spiro atoms. The van der Waals surface area contributed by atoms with Crippen LogP contribution in [0, 0.1) is 18.3 Å². The van der Waals surface area contributed by atoms with Gasteiger partial charge in [-0.25, -0.2) is 8.42 Å². The molecule has 29 heavy (non-hydrogen) atoms. The zero-order valence-electron chi connectivity index (χ0n) is 17.5. The average Bonchev–Trinajstić information content (AvgIpc) is 2.74. The molecule has 0 saturated carbocycles. The molecule has 0 bridgehead atoms. The fourth-order valence-electron chi connectivity index (χ4n) is 3.47. The summed E-state index contributed by atoms with van der Waals surface area (Å²) in [6.07, 6.45) is 8.71. The second kappa shape index (κ2) is 11.3. The molecule has 2 rings (SSSR count). The minimum atomic E-state index is -3.53. The van der Waals surface area contributed by atoms with Gasteiger partial charge in [-0.3, -0.25) is 4.79 Å². The van der Waals surface area contributed by atoms with Gasteiger partial charge in [0.05, 0.1) is 11.5 Å². The predicted octanol–water partition coefficient (Wildman–Crippen LogP) is 3.00. The number of likely N-dealkylation sites (tertiary alicyclic amines) is 1. The lowest BCUT2D eigenvalue weighted by Gasteiger charge is -2.32. The summed E-state index contributed by atoms with van der Waals surface area (Å²) in [6, 6.07) is 6.31. The van der Waals surface area contributed by atoms with E-state index in [-0.39, 0.29) is 10.8 Å². The summed E-state index contributed by atoms with van der Waals surface area (Å²) in [5.74, 6) is 2.82. The molecule has 1 saturated heterocycles. The van der Waals surface area contributed by atoms with Crippen LogP contribution in [0.3, 0.4) is 0 Å². The Hall–Kier alpha value is -1.88. The van der Waals surface area contributed by atoms with Crippen molar-refractivity contribution in [2.45, 2.75) is 44.4 Å².